The van der Waals surface area contributed by atoms with Gasteiger partial charge in [0.15, 0.2) is 10.9 Å². The second kappa shape index (κ2) is 7.82. The summed E-state index contributed by atoms with van der Waals surface area (Å²) in [6.07, 6.45) is 1.53. The maximum atomic E-state index is 12.6. The summed E-state index contributed by atoms with van der Waals surface area (Å²) in [4.78, 5) is 19.4. The highest BCUT2D eigenvalue weighted by Crippen LogP contribution is 2.26. The molecule has 3 aromatic rings. The summed E-state index contributed by atoms with van der Waals surface area (Å²) in [5.74, 6) is 0.00209. The number of rotatable bonds is 5. The Morgan fingerprint density at radius 3 is 2.81 bits per heavy atom. The van der Waals surface area contributed by atoms with E-state index in [-0.39, 0.29) is 5.91 Å². The number of amides is 1. The number of morpholine rings is 1. The summed E-state index contributed by atoms with van der Waals surface area (Å²) in [5.41, 5.74) is 2.67. The zero-order chi connectivity index (χ0) is 17.8. The predicted molar refractivity (Wildman–Crippen MR) is 100 cm³/mol. The van der Waals surface area contributed by atoms with E-state index in [4.69, 9.17) is 9.15 Å². The quantitative estimate of drug-likeness (QED) is 0.746. The van der Waals surface area contributed by atoms with Crippen molar-refractivity contribution in [2.75, 3.05) is 31.6 Å². The lowest BCUT2D eigenvalue weighted by Crippen LogP contribution is -2.35. The molecule has 2 aromatic heterocycles. The molecule has 7 heteroatoms. The highest BCUT2D eigenvalue weighted by Gasteiger charge is 2.19. The van der Waals surface area contributed by atoms with Crippen LogP contribution in [0, 0.1) is 0 Å². The van der Waals surface area contributed by atoms with Crippen molar-refractivity contribution in [2.24, 2.45) is 0 Å². The molecule has 0 atom stereocenters. The molecule has 3 heterocycles. The number of hydrogen-bond acceptors (Lipinski definition) is 6. The van der Waals surface area contributed by atoms with Crippen LogP contribution in [0.3, 0.4) is 0 Å². The first-order chi connectivity index (χ1) is 12.8. The number of thiazole rings is 1. The van der Waals surface area contributed by atoms with Crippen molar-refractivity contribution in [1.29, 1.82) is 0 Å². The van der Waals surface area contributed by atoms with Crippen molar-refractivity contribution in [3.8, 4) is 11.1 Å². The molecule has 1 N–H and O–H groups in total. The minimum Gasteiger partial charge on any atom is -0.459 e. The molecule has 0 saturated carbocycles. The van der Waals surface area contributed by atoms with E-state index in [0.717, 1.165) is 49.7 Å². The SMILES string of the molecule is O=C(Nc1nc(CN2CCOCC2)cs1)c1occc1-c1ccccc1. The predicted octanol–water partition coefficient (Wildman–Crippen LogP) is 3.49. The summed E-state index contributed by atoms with van der Waals surface area (Å²) in [6, 6.07) is 11.5. The molecule has 0 spiro atoms. The van der Waals surface area contributed by atoms with Gasteiger partial charge in [-0.2, -0.15) is 0 Å². The summed E-state index contributed by atoms with van der Waals surface area (Å²) in [7, 11) is 0. The van der Waals surface area contributed by atoms with E-state index in [1.54, 1.807) is 6.07 Å². The first kappa shape index (κ1) is 17.0. The van der Waals surface area contributed by atoms with E-state index < -0.39 is 0 Å². The molecule has 1 fully saturated rings. The van der Waals surface area contributed by atoms with Crippen LogP contribution in [0.1, 0.15) is 16.2 Å². The van der Waals surface area contributed by atoms with E-state index in [9.17, 15) is 4.79 Å². The second-order valence-corrected chi connectivity index (χ2v) is 6.87. The molecule has 0 radical (unpaired) electrons. The fourth-order valence-electron chi connectivity index (χ4n) is 2.91. The molecule has 1 aliphatic rings. The first-order valence-corrected chi connectivity index (χ1v) is 9.36. The molecule has 0 bridgehead atoms. The highest BCUT2D eigenvalue weighted by atomic mass is 32.1. The fraction of sp³-hybridized carbons (Fsp3) is 0.263. The number of carbonyl (C=O) groups is 1. The van der Waals surface area contributed by atoms with Gasteiger partial charge in [-0.3, -0.25) is 15.0 Å². The van der Waals surface area contributed by atoms with Crippen LogP contribution in [0.5, 0.6) is 0 Å². The third-order valence-electron chi connectivity index (χ3n) is 4.22. The van der Waals surface area contributed by atoms with E-state index in [0.29, 0.717) is 10.9 Å². The maximum Gasteiger partial charge on any atom is 0.293 e. The molecule has 6 nitrogen and oxygen atoms in total. The molecule has 1 amide bonds. The maximum absolute atomic E-state index is 12.6. The van der Waals surface area contributed by atoms with Crippen molar-refractivity contribution in [3.63, 3.8) is 0 Å². The Morgan fingerprint density at radius 2 is 2.00 bits per heavy atom. The van der Waals surface area contributed by atoms with Gasteiger partial charge >= 0.3 is 0 Å². The average Bonchev–Trinajstić information content (AvgIpc) is 3.33. The number of carbonyl (C=O) groups excluding carboxylic acids is 1. The Labute approximate surface area is 155 Å². The monoisotopic (exact) mass is 369 g/mol. The van der Waals surface area contributed by atoms with Gasteiger partial charge in [-0.1, -0.05) is 30.3 Å². The van der Waals surface area contributed by atoms with Crippen LogP contribution in [0.4, 0.5) is 5.13 Å². The minimum atomic E-state index is -0.291. The molecular weight excluding hydrogens is 350 g/mol. The smallest absolute Gasteiger partial charge is 0.293 e. The largest absolute Gasteiger partial charge is 0.459 e. The fourth-order valence-corrected chi connectivity index (χ4v) is 3.61. The van der Waals surface area contributed by atoms with E-state index in [2.05, 4.69) is 15.2 Å². The highest BCUT2D eigenvalue weighted by molar-refractivity contribution is 7.13. The summed E-state index contributed by atoms with van der Waals surface area (Å²) < 4.78 is 10.8. The number of aromatic nitrogens is 1. The third kappa shape index (κ3) is 3.85. The minimum absolute atomic E-state index is 0.291. The molecule has 26 heavy (non-hydrogen) atoms. The van der Waals surface area contributed by atoms with Gasteiger partial charge in [-0.25, -0.2) is 4.98 Å². The van der Waals surface area contributed by atoms with Crippen molar-refractivity contribution < 1.29 is 13.9 Å². The van der Waals surface area contributed by atoms with Crippen molar-refractivity contribution >= 4 is 22.4 Å². The molecular formula is C19H19N3O3S. The van der Waals surface area contributed by atoms with Crippen molar-refractivity contribution in [3.05, 3.63) is 59.5 Å². The second-order valence-electron chi connectivity index (χ2n) is 6.02. The van der Waals surface area contributed by atoms with Crippen LogP contribution in [0.2, 0.25) is 0 Å². The van der Waals surface area contributed by atoms with Crippen molar-refractivity contribution in [2.45, 2.75) is 6.54 Å². The lowest BCUT2D eigenvalue weighted by atomic mass is 10.1. The van der Waals surface area contributed by atoms with Crippen LogP contribution in [0.15, 0.2) is 52.5 Å². The van der Waals surface area contributed by atoms with Crippen LogP contribution >= 0.6 is 11.3 Å². The standard InChI is InChI=1S/C19H19N3O3S/c23-18(17-16(6-9-25-17)14-4-2-1-3-5-14)21-19-20-15(13-26-19)12-22-7-10-24-11-8-22/h1-6,9,13H,7-8,10-12H2,(H,20,21,23). The van der Waals surface area contributed by atoms with Crippen LogP contribution in [0.25, 0.3) is 11.1 Å². The number of nitrogens with one attached hydrogen (secondary N) is 1. The van der Waals surface area contributed by atoms with E-state index in [1.165, 1.54) is 17.6 Å². The summed E-state index contributed by atoms with van der Waals surface area (Å²) in [5, 5.41) is 5.40. The van der Waals surface area contributed by atoms with Gasteiger partial charge in [0.25, 0.3) is 5.91 Å². The lowest BCUT2D eigenvalue weighted by Gasteiger charge is -2.25. The lowest BCUT2D eigenvalue weighted by molar-refractivity contribution is 0.0337. The van der Waals surface area contributed by atoms with Crippen LogP contribution in [-0.2, 0) is 11.3 Å². The normalized spacial score (nSPS) is 15.1. The molecule has 4 rings (SSSR count). The summed E-state index contributed by atoms with van der Waals surface area (Å²) in [6.45, 7) is 4.10. The number of hydrogen-bond donors (Lipinski definition) is 1. The summed E-state index contributed by atoms with van der Waals surface area (Å²) >= 11 is 1.42. The Kier molecular flexibility index (Phi) is 5.10. The zero-order valence-corrected chi connectivity index (χ0v) is 15.0. The Morgan fingerprint density at radius 1 is 1.19 bits per heavy atom. The molecule has 1 aliphatic heterocycles. The average molecular weight is 369 g/mol. The molecule has 134 valence electrons. The number of anilines is 1. The topological polar surface area (TPSA) is 67.6 Å². The Balaban J connectivity index is 1.44. The van der Waals surface area contributed by atoms with Gasteiger partial charge in [-0.05, 0) is 11.6 Å². The van der Waals surface area contributed by atoms with Crippen LogP contribution < -0.4 is 5.32 Å². The molecule has 1 saturated heterocycles. The number of ether oxygens (including phenoxy) is 1. The Bertz CT molecular complexity index is 869. The molecule has 0 unspecified atom stereocenters. The van der Waals surface area contributed by atoms with Gasteiger partial charge in [-0.15, -0.1) is 11.3 Å². The van der Waals surface area contributed by atoms with E-state index in [1.807, 2.05) is 35.7 Å². The number of benzene rings is 1. The van der Waals surface area contributed by atoms with Gasteiger partial charge < -0.3 is 9.15 Å². The Hall–Kier alpha value is -2.48. The van der Waals surface area contributed by atoms with Gasteiger partial charge in [0.2, 0.25) is 0 Å². The van der Waals surface area contributed by atoms with Crippen LogP contribution in [-0.4, -0.2) is 42.1 Å². The number of furan rings is 1. The van der Waals surface area contributed by atoms with Gasteiger partial charge in [0.05, 0.1) is 25.2 Å². The number of nitrogens with zero attached hydrogens (tertiary/aromatic N) is 2. The first-order valence-electron chi connectivity index (χ1n) is 8.48. The zero-order valence-electron chi connectivity index (χ0n) is 14.2. The molecule has 1 aromatic carbocycles. The third-order valence-corrected chi connectivity index (χ3v) is 5.02. The van der Waals surface area contributed by atoms with E-state index >= 15 is 0 Å². The molecule has 0 aliphatic carbocycles. The van der Waals surface area contributed by atoms with Gasteiger partial charge in [0.1, 0.15) is 0 Å². The van der Waals surface area contributed by atoms with Crippen molar-refractivity contribution in [1.82, 2.24) is 9.88 Å². The van der Waals surface area contributed by atoms with Gasteiger partial charge in [0, 0.05) is 30.6 Å².